The Morgan fingerprint density at radius 2 is 1.64 bits per heavy atom. The molecule has 2 aromatic heterocycles. The van der Waals surface area contributed by atoms with Gasteiger partial charge in [0.25, 0.3) is 5.91 Å². The second-order valence-electron chi connectivity index (χ2n) is 8.55. The summed E-state index contributed by atoms with van der Waals surface area (Å²) in [7, 11) is 0. The number of rotatable bonds is 2. The van der Waals surface area contributed by atoms with E-state index in [0.29, 0.717) is 0 Å². The van der Waals surface area contributed by atoms with Gasteiger partial charge in [0.15, 0.2) is 0 Å². The summed E-state index contributed by atoms with van der Waals surface area (Å²) >= 11 is 3.47. The van der Waals surface area contributed by atoms with Gasteiger partial charge >= 0.3 is 0 Å². The van der Waals surface area contributed by atoms with Crippen LogP contribution in [0.15, 0.2) is 30.3 Å². The third-order valence-corrected chi connectivity index (χ3v) is 9.10. The zero-order chi connectivity index (χ0) is 16.6. The predicted octanol–water partition coefficient (Wildman–Crippen LogP) is 5.81. The molecule has 7 rings (SSSR count). The Bertz CT molecular complexity index is 963. The van der Waals surface area contributed by atoms with Gasteiger partial charge in [0, 0.05) is 20.3 Å². The molecule has 0 saturated heterocycles. The van der Waals surface area contributed by atoms with E-state index in [1.54, 1.807) is 22.7 Å². The number of fused-ring (bicyclic) bond motifs is 3. The molecule has 4 aliphatic rings. The highest BCUT2D eigenvalue weighted by atomic mass is 32.1. The van der Waals surface area contributed by atoms with Crippen LogP contribution in [0.5, 0.6) is 0 Å². The third kappa shape index (κ3) is 2.23. The molecule has 1 amide bonds. The Labute approximate surface area is 155 Å². The molecule has 4 saturated carbocycles. The van der Waals surface area contributed by atoms with Crippen molar-refractivity contribution in [3.05, 3.63) is 35.2 Å². The van der Waals surface area contributed by atoms with E-state index in [4.69, 9.17) is 0 Å². The Kier molecular flexibility index (Phi) is 2.99. The maximum Gasteiger partial charge on any atom is 0.261 e. The lowest BCUT2D eigenvalue weighted by Gasteiger charge is -2.56. The van der Waals surface area contributed by atoms with Gasteiger partial charge in [-0.15, -0.1) is 22.7 Å². The lowest BCUT2D eigenvalue weighted by atomic mass is 9.53. The number of benzene rings is 1. The molecule has 4 bridgehead atoms. The number of carbonyl (C=O) groups excluding carboxylic acids is 1. The van der Waals surface area contributed by atoms with E-state index in [0.717, 1.165) is 22.6 Å². The van der Waals surface area contributed by atoms with Crippen LogP contribution in [0, 0.1) is 17.8 Å². The molecule has 0 radical (unpaired) electrons. The van der Waals surface area contributed by atoms with Crippen LogP contribution in [0.4, 0.5) is 0 Å². The average Bonchev–Trinajstić information content (AvgIpc) is 3.11. The van der Waals surface area contributed by atoms with Crippen molar-refractivity contribution in [1.29, 1.82) is 0 Å². The summed E-state index contributed by atoms with van der Waals surface area (Å²) in [4.78, 5) is 13.9. The molecule has 128 valence electrons. The maximum absolute atomic E-state index is 13.0. The Morgan fingerprint density at radius 3 is 2.36 bits per heavy atom. The van der Waals surface area contributed by atoms with E-state index in [2.05, 4.69) is 35.6 Å². The fraction of sp³-hybridized carbons (Fsp3) is 0.476. The van der Waals surface area contributed by atoms with Gasteiger partial charge in [0.05, 0.1) is 9.58 Å². The summed E-state index contributed by atoms with van der Waals surface area (Å²) in [6.07, 6.45) is 7.88. The van der Waals surface area contributed by atoms with Gasteiger partial charge in [-0.1, -0.05) is 18.2 Å². The lowest BCUT2D eigenvalue weighted by molar-refractivity contribution is -0.0166. The molecule has 0 unspecified atom stereocenters. The van der Waals surface area contributed by atoms with Gasteiger partial charge in [0.1, 0.15) is 0 Å². The second kappa shape index (κ2) is 5.08. The summed E-state index contributed by atoms with van der Waals surface area (Å²) in [6, 6.07) is 10.6. The maximum atomic E-state index is 13.0. The zero-order valence-corrected chi connectivity index (χ0v) is 15.7. The highest BCUT2D eigenvalue weighted by Crippen LogP contribution is 2.55. The largest absolute Gasteiger partial charge is 0.346 e. The minimum Gasteiger partial charge on any atom is -0.346 e. The van der Waals surface area contributed by atoms with Gasteiger partial charge in [-0.3, -0.25) is 4.79 Å². The van der Waals surface area contributed by atoms with E-state index in [1.807, 2.05) is 0 Å². The molecule has 0 atom stereocenters. The van der Waals surface area contributed by atoms with Crippen LogP contribution in [0.3, 0.4) is 0 Å². The predicted molar refractivity (Wildman–Crippen MR) is 106 cm³/mol. The summed E-state index contributed by atoms with van der Waals surface area (Å²) in [6.45, 7) is 0. The number of hydrogen-bond donors (Lipinski definition) is 1. The molecular formula is C21H21NOS2. The fourth-order valence-electron chi connectivity index (χ4n) is 6.18. The van der Waals surface area contributed by atoms with Gasteiger partial charge in [-0.05, 0) is 68.4 Å². The second-order valence-corrected chi connectivity index (χ2v) is 10.7. The molecule has 0 spiro atoms. The van der Waals surface area contributed by atoms with Gasteiger partial charge in [-0.25, -0.2) is 0 Å². The monoisotopic (exact) mass is 367 g/mol. The summed E-state index contributed by atoms with van der Waals surface area (Å²) in [5.74, 6) is 2.76. The van der Waals surface area contributed by atoms with Crippen molar-refractivity contribution in [1.82, 2.24) is 5.32 Å². The van der Waals surface area contributed by atoms with E-state index >= 15 is 0 Å². The van der Waals surface area contributed by atoms with E-state index < -0.39 is 0 Å². The molecular weight excluding hydrogens is 346 g/mol. The molecule has 4 fully saturated rings. The number of amides is 1. The molecule has 4 heteroatoms. The molecule has 2 nitrogen and oxygen atoms in total. The van der Waals surface area contributed by atoms with Crippen LogP contribution < -0.4 is 5.32 Å². The van der Waals surface area contributed by atoms with Crippen LogP contribution >= 0.6 is 22.7 Å². The average molecular weight is 368 g/mol. The highest BCUT2D eigenvalue weighted by molar-refractivity contribution is 7.33. The van der Waals surface area contributed by atoms with Crippen molar-refractivity contribution in [3.63, 3.8) is 0 Å². The molecule has 1 N–H and O–H groups in total. The van der Waals surface area contributed by atoms with Crippen LogP contribution in [-0.4, -0.2) is 11.4 Å². The van der Waals surface area contributed by atoms with Crippen molar-refractivity contribution in [2.45, 2.75) is 44.1 Å². The van der Waals surface area contributed by atoms with E-state index in [9.17, 15) is 4.79 Å². The van der Waals surface area contributed by atoms with Crippen molar-refractivity contribution in [3.8, 4) is 0 Å². The quantitative estimate of drug-likeness (QED) is 0.608. The van der Waals surface area contributed by atoms with Crippen LogP contribution in [-0.2, 0) is 0 Å². The fourth-order valence-corrected chi connectivity index (χ4v) is 8.60. The van der Waals surface area contributed by atoms with Crippen LogP contribution in [0.1, 0.15) is 48.2 Å². The third-order valence-electron chi connectivity index (χ3n) is 6.69. The standard InChI is InChI=1S/C21H21NOS2/c23-20(22-21-9-12-5-13(10-21)7-14(6-12)11-21)18-8-17-19(25-18)15-3-1-2-4-16(15)24-17/h1-4,8,12-14H,5-7,9-11H2,(H,22,23). The number of hydrogen-bond acceptors (Lipinski definition) is 3. The zero-order valence-electron chi connectivity index (χ0n) is 14.1. The van der Waals surface area contributed by atoms with Gasteiger partial charge in [-0.2, -0.15) is 0 Å². The number of nitrogens with one attached hydrogen (secondary N) is 1. The van der Waals surface area contributed by atoms with Crippen LogP contribution in [0.2, 0.25) is 0 Å². The minimum atomic E-state index is 0.102. The smallest absolute Gasteiger partial charge is 0.261 e. The summed E-state index contributed by atoms with van der Waals surface area (Å²) in [5.41, 5.74) is 0.102. The van der Waals surface area contributed by atoms with E-state index in [-0.39, 0.29) is 11.4 Å². The first-order chi connectivity index (χ1) is 12.2. The first-order valence-electron chi connectivity index (χ1n) is 9.41. The summed E-state index contributed by atoms with van der Waals surface area (Å²) in [5, 5.41) is 4.81. The molecule has 25 heavy (non-hydrogen) atoms. The first kappa shape index (κ1) is 14.7. The van der Waals surface area contributed by atoms with Crippen molar-refractivity contribution < 1.29 is 4.79 Å². The molecule has 4 aliphatic carbocycles. The molecule has 1 aromatic carbocycles. The SMILES string of the molecule is O=C(NC12CC3CC(CC(C3)C1)C2)c1cc2sc3ccccc3c2s1. The number of thiophene rings is 2. The molecule has 2 heterocycles. The van der Waals surface area contributed by atoms with Crippen molar-refractivity contribution in [2.24, 2.45) is 17.8 Å². The van der Waals surface area contributed by atoms with Gasteiger partial charge in [0.2, 0.25) is 0 Å². The summed E-state index contributed by atoms with van der Waals surface area (Å²) < 4.78 is 3.84. The Hall–Kier alpha value is -1.39. The first-order valence-corrected chi connectivity index (χ1v) is 11.0. The number of carbonyl (C=O) groups is 1. The molecule has 3 aromatic rings. The minimum absolute atomic E-state index is 0.102. The Balaban J connectivity index is 1.32. The molecule has 0 aliphatic heterocycles. The van der Waals surface area contributed by atoms with Crippen molar-refractivity contribution in [2.75, 3.05) is 0 Å². The topological polar surface area (TPSA) is 29.1 Å². The van der Waals surface area contributed by atoms with Crippen LogP contribution in [0.25, 0.3) is 19.5 Å². The van der Waals surface area contributed by atoms with E-state index in [1.165, 1.54) is 58.0 Å². The normalized spacial score (nSPS) is 33.4. The highest BCUT2D eigenvalue weighted by Gasteiger charge is 2.51. The van der Waals surface area contributed by atoms with Gasteiger partial charge < -0.3 is 5.32 Å². The van der Waals surface area contributed by atoms with Crippen molar-refractivity contribution >= 4 is 48.1 Å². The Morgan fingerprint density at radius 1 is 0.960 bits per heavy atom. The lowest BCUT2D eigenvalue weighted by Crippen LogP contribution is -2.59.